The molecule has 2 aliphatic heterocycles. The Balaban J connectivity index is 1.29. The van der Waals surface area contributed by atoms with E-state index in [0.717, 1.165) is 46.6 Å². The summed E-state index contributed by atoms with van der Waals surface area (Å²) in [6.07, 6.45) is 3.93. The fourth-order valence-corrected chi connectivity index (χ4v) is 7.40. The molecule has 3 heterocycles. The molecule has 2 aromatic carbocycles. The first-order valence-corrected chi connectivity index (χ1v) is 13.6. The van der Waals surface area contributed by atoms with Crippen LogP contribution >= 0.6 is 11.3 Å². The fourth-order valence-electron chi connectivity index (χ4n) is 4.82. The van der Waals surface area contributed by atoms with Crippen LogP contribution in [0.15, 0.2) is 53.4 Å². The maximum absolute atomic E-state index is 13.5. The summed E-state index contributed by atoms with van der Waals surface area (Å²) in [6, 6.07) is 12.9. The van der Waals surface area contributed by atoms with Crippen LogP contribution in [0.3, 0.4) is 0 Å². The van der Waals surface area contributed by atoms with Gasteiger partial charge in [-0.15, -0.1) is 11.3 Å². The zero-order valence-electron chi connectivity index (χ0n) is 18.2. The van der Waals surface area contributed by atoms with Crippen LogP contribution in [0.2, 0.25) is 0 Å². The molecule has 3 aromatic rings. The molecule has 0 spiro atoms. The monoisotopic (exact) mass is 487 g/mol. The number of para-hydroxylation sites is 1. The molecule has 5 rings (SSSR count). The Morgan fingerprint density at radius 1 is 0.970 bits per heavy atom. The lowest BCUT2D eigenvalue weighted by Crippen LogP contribution is -2.46. The molecule has 33 heavy (non-hydrogen) atoms. The molecule has 9 heteroatoms. The topological polar surface area (TPSA) is 70.6 Å². The van der Waals surface area contributed by atoms with E-state index in [2.05, 4.69) is 6.07 Å². The zero-order chi connectivity index (χ0) is 23.0. The van der Waals surface area contributed by atoms with Crippen molar-refractivity contribution < 1.29 is 17.6 Å². The quantitative estimate of drug-likeness (QED) is 0.540. The first-order valence-electron chi connectivity index (χ1n) is 11.3. The Hall–Kier alpha value is -2.36. The van der Waals surface area contributed by atoms with Crippen molar-refractivity contribution in [2.75, 3.05) is 19.6 Å². The Morgan fingerprint density at radius 3 is 2.42 bits per heavy atom. The molecule has 0 unspecified atom stereocenters. The van der Waals surface area contributed by atoms with Crippen LogP contribution < -0.4 is 0 Å². The predicted molar refractivity (Wildman–Crippen MR) is 126 cm³/mol. The molecule has 0 bridgehead atoms. The minimum absolute atomic E-state index is 0.00960. The van der Waals surface area contributed by atoms with E-state index in [1.54, 1.807) is 11.3 Å². The van der Waals surface area contributed by atoms with E-state index in [9.17, 15) is 17.6 Å². The Morgan fingerprint density at radius 2 is 1.70 bits per heavy atom. The number of rotatable bonds is 4. The van der Waals surface area contributed by atoms with Gasteiger partial charge in [0.05, 0.1) is 21.2 Å². The van der Waals surface area contributed by atoms with Crippen molar-refractivity contribution >= 4 is 37.5 Å². The van der Waals surface area contributed by atoms with Crippen molar-refractivity contribution in [3.63, 3.8) is 0 Å². The molecular weight excluding hydrogens is 461 g/mol. The number of likely N-dealkylation sites (tertiary alicyclic amines) is 1. The number of nitrogens with zero attached hydrogens (tertiary/aromatic N) is 3. The van der Waals surface area contributed by atoms with Gasteiger partial charge in [0.2, 0.25) is 15.9 Å². The van der Waals surface area contributed by atoms with Crippen LogP contribution in [-0.2, 0) is 14.8 Å². The van der Waals surface area contributed by atoms with Crippen LogP contribution in [0.4, 0.5) is 4.39 Å². The highest BCUT2D eigenvalue weighted by atomic mass is 32.2. The summed E-state index contributed by atoms with van der Waals surface area (Å²) in [7, 11) is -3.69. The summed E-state index contributed by atoms with van der Waals surface area (Å²) in [5.41, 5.74) is 0.967. The molecule has 1 atom stereocenters. The Bertz CT molecular complexity index is 1220. The van der Waals surface area contributed by atoms with Gasteiger partial charge in [0.25, 0.3) is 0 Å². The van der Waals surface area contributed by atoms with Gasteiger partial charge >= 0.3 is 0 Å². The first-order chi connectivity index (χ1) is 15.9. The van der Waals surface area contributed by atoms with Gasteiger partial charge in [0.15, 0.2) is 0 Å². The number of amides is 1. The molecule has 0 aliphatic carbocycles. The van der Waals surface area contributed by atoms with E-state index in [1.807, 2.05) is 23.1 Å². The third kappa shape index (κ3) is 4.41. The number of benzene rings is 2. The lowest BCUT2D eigenvalue weighted by Gasteiger charge is -2.39. The van der Waals surface area contributed by atoms with Gasteiger partial charge < -0.3 is 4.90 Å². The van der Waals surface area contributed by atoms with Crippen LogP contribution in [0.25, 0.3) is 10.2 Å². The molecule has 0 radical (unpaired) electrons. The number of halogens is 1. The third-order valence-electron chi connectivity index (χ3n) is 6.64. The van der Waals surface area contributed by atoms with E-state index >= 15 is 0 Å². The second kappa shape index (κ2) is 9.12. The minimum atomic E-state index is -3.69. The number of piperidine rings is 2. The van der Waals surface area contributed by atoms with Crippen molar-refractivity contribution in [2.24, 2.45) is 5.92 Å². The van der Waals surface area contributed by atoms with E-state index in [4.69, 9.17) is 4.98 Å². The maximum Gasteiger partial charge on any atom is 0.243 e. The van der Waals surface area contributed by atoms with Gasteiger partial charge in [-0.2, -0.15) is 4.31 Å². The van der Waals surface area contributed by atoms with Gasteiger partial charge in [-0.1, -0.05) is 12.1 Å². The van der Waals surface area contributed by atoms with Crippen molar-refractivity contribution in [3.05, 3.63) is 59.4 Å². The number of carbonyl (C=O) groups excluding carboxylic acids is 1. The fraction of sp³-hybridized carbons (Fsp3) is 0.417. The normalized spacial score (nSPS) is 20.9. The number of carbonyl (C=O) groups is 1. The summed E-state index contributed by atoms with van der Waals surface area (Å²) in [5.74, 6) is -0.556. The lowest BCUT2D eigenvalue weighted by atomic mass is 9.93. The number of sulfonamides is 1. The molecule has 0 saturated carbocycles. The smallest absolute Gasteiger partial charge is 0.243 e. The number of hydrogen-bond donors (Lipinski definition) is 0. The molecule has 1 amide bonds. The molecule has 0 N–H and O–H groups in total. The minimum Gasteiger partial charge on any atom is -0.333 e. The molecular formula is C24H26FN3O3S2. The lowest BCUT2D eigenvalue weighted by molar-refractivity contribution is -0.140. The standard InChI is InChI=1S/C24H26FN3O3S2/c25-18-8-10-19(11-9-18)33(30,31)27-15-12-17(13-16-27)24(29)28-14-4-3-6-21(28)23-26-20-5-1-2-7-22(20)32-23/h1-2,5,7-11,17,21H,3-4,6,12-16H2/t21-/m1/s1. The first kappa shape index (κ1) is 22.4. The Labute approximate surface area is 197 Å². The van der Waals surface area contributed by atoms with Gasteiger partial charge in [-0.25, -0.2) is 17.8 Å². The van der Waals surface area contributed by atoms with Gasteiger partial charge in [-0.3, -0.25) is 4.79 Å². The number of fused-ring (bicyclic) bond motifs is 1. The average molecular weight is 488 g/mol. The number of hydrogen-bond acceptors (Lipinski definition) is 5. The van der Waals surface area contributed by atoms with Crippen molar-refractivity contribution in [1.82, 2.24) is 14.2 Å². The van der Waals surface area contributed by atoms with Crippen LogP contribution in [0, 0.1) is 11.7 Å². The van der Waals surface area contributed by atoms with Crippen LogP contribution in [-0.4, -0.2) is 48.1 Å². The molecule has 174 valence electrons. The highest BCUT2D eigenvalue weighted by Crippen LogP contribution is 2.37. The summed E-state index contributed by atoms with van der Waals surface area (Å²) in [4.78, 5) is 20.4. The van der Waals surface area contributed by atoms with Gasteiger partial charge in [-0.05, 0) is 68.5 Å². The second-order valence-corrected chi connectivity index (χ2v) is 11.7. The number of aromatic nitrogens is 1. The molecule has 6 nitrogen and oxygen atoms in total. The van der Waals surface area contributed by atoms with Crippen LogP contribution in [0.1, 0.15) is 43.2 Å². The number of thiazole rings is 1. The van der Waals surface area contributed by atoms with Crippen LogP contribution in [0.5, 0.6) is 0 Å². The summed E-state index contributed by atoms with van der Waals surface area (Å²) in [6.45, 7) is 1.29. The van der Waals surface area contributed by atoms with Gasteiger partial charge in [0, 0.05) is 25.6 Å². The molecule has 2 saturated heterocycles. The summed E-state index contributed by atoms with van der Waals surface area (Å²) in [5, 5.41) is 0.987. The Kier molecular flexibility index (Phi) is 6.20. The highest BCUT2D eigenvalue weighted by Gasteiger charge is 2.37. The zero-order valence-corrected chi connectivity index (χ0v) is 19.8. The molecule has 2 aliphatic rings. The molecule has 2 fully saturated rings. The van der Waals surface area contributed by atoms with Crippen molar-refractivity contribution in [2.45, 2.75) is 43.0 Å². The highest BCUT2D eigenvalue weighted by molar-refractivity contribution is 7.89. The second-order valence-electron chi connectivity index (χ2n) is 8.70. The third-order valence-corrected chi connectivity index (χ3v) is 9.69. The maximum atomic E-state index is 13.5. The largest absolute Gasteiger partial charge is 0.333 e. The van der Waals surface area contributed by atoms with E-state index in [-0.39, 0.29) is 35.9 Å². The summed E-state index contributed by atoms with van der Waals surface area (Å²) < 4.78 is 41.5. The van der Waals surface area contributed by atoms with Crippen molar-refractivity contribution in [3.8, 4) is 0 Å². The van der Waals surface area contributed by atoms with Gasteiger partial charge in [0.1, 0.15) is 10.8 Å². The SMILES string of the molecule is O=C(C1CCN(S(=O)(=O)c2ccc(F)cc2)CC1)N1CCCC[C@@H]1c1nc2ccccc2s1. The van der Waals surface area contributed by atoms with E-state index < -0.39 is 15.8 Å². The summed E-state index contributed by atoms with van der Waals surface area (Å²) >= 11 is 1.65. The van der Waals surface area contributed by atoms with E-state index in [1.165, 1.54) is 16.4 Å². The molecule has 1 aromatic heterocycles. The predicted octanol–water partition coefficient (Wildman–Crippen LogP) is 4.59. The van der Waals surface area contributed by atoms with E-state index in [0.29, 0.717) is 19.4 Å². The average Bonchev–Trinajstić information content (AvgIpc) is 3.28. The van der Waals surface area contributed by atoms with Crippen molar-refractivity contribution in [1.29, 1.82) is 0 Å².